The van der Waals surface area contributed by atoms with Crippen LogP contribution >= 0.6 is 28.5 Å². The Morgan fingerprint density at radius 2 is 1.26 bits per heavy atom. The van der Waals surface area contributed by atoms with E-state index in [1.165, 1.54) is 24.3 Å². The van der Waals surface area contributed by atoms with Gasteiger partial charge in [0.15, 0.2) is 0 Å². The zero-order valence-electron chi connectivity index (χ0n) is 11.1. The van der Waals surface area contributed by atoms with Crippen LogP contribution in [0.5, 0.6) is 11.5 Å². The van der Waals surface area contributed by atoms with Gasteiger partial charge in [0.2, 0.25) is 0 Å². The van der Waals surface area contributed by atoms with E-state index < -0.39 is 27.9 Å². The Balaban J connectivity index is 2.10. The molecule has 0 atom stereocenters. The van der Waals surface area contributed by atoms with Gasteiger partial charge < -0.3 is 0 Å². The van der Waals surface area contributed by atoms with Crippen LogP contribution in [0.15, 0.2) is 34.1 Å². The molecule has 128 valence electrons. The fourth-order valence-electron chi connectivity index (χ4n) is 1.93. The first-order valence-corrected chi connectivity index (χ1v) is 10.7. The zero-order chi connectivity index (χ0) is 17.1. The van der Waals surface area contributed by atoms with Gasteiger partial charge in [0, 0.05) is 0 Å². The Morgan fingerprint density at radius 3 is 1.57 bits per heavy atom. The van der Waals surface area contributed by atoms with Gasteiger partial charge in [-0.25, -0.2) is 0 Å². The first-order chi connectivity index (χ1) is 10.5. The molecule has 3 nitrogen and oxygen atoms in total. The maximum absolute atomic E-state index is 13.1. The van der Waals surface area contributed by atoms with Crippen LogP contribution in [-0.4, -0.2) is 19.5 Å². The molecule has 1 spiro atoms. The predicted molar refractivity (Wildman–Crippen MR) is 75.9 cm³/mol. The Kier molecular flexibility index (Phi) is 3.61. The molecule has 0 aromatic heterocycles. The van der Waals surface area contributed by atoms with Crippen LogP contribution in [-0.2, 0) is 4.52 Å². The van der Waals surface area contributed by atoms with Gasteiger partial charge in [-0.3, -0.25) is 0 Å². The molecule has 1 aromatic carbocycles. The van der Waals surface area contributed by atoms with Crippen LogP contribution in [0.25, 0.3) is 0 Å². The minimum atomic E-state index is -5.20. The summed E-state index contributed by atoms with van der Waals surface area (Å²) in [6.45, 7) is 0. The van der Waals surface area contributed by atoms with Crippen molar-refractivity contribution in [2.24, 2.45) is 0 Å². The second kappa shape index (κ2) is 4.87. The number of benzene rings is 1. The van der Waals surface area contributed by atoms with Crippen molar-refractivity contribution < 1.29 is 39.9 Å². The van der Waals surface area contributed by atoms with E-state index in [-0.39, 0.29) is 34.3 Å². The number of halogens is 6. The third-order valence-corrected chi connectivity index (χ3v) is 12.4. The van der Waals surface area contributed by atoms with Crippen LogP contribution in [0, 0.1) is 0 Å². The standard InChI is InChI=1S/C11H7F6O3PS2/c1-18-21(19-6-4-2-3-5-7(6)20-21)22-8(10(12,13)14)9(23-21)11(15,16)17/h2-5H,1H3. The molecule has 2 aliphatic heterocycles. The first-order valence-electron chi connectivity index (χ1n) is 5.85. The van der Waals surface area contributed by atoms with E-state index in [1.807, 2.05) is 0 Å². The van der Waals surface area contributed by atoms with Crippen LogP contribution in [0.1, 0.15) is 0 Å². The molecule has 23 heavy (non-hydrogen) atoms. The SMILES string of the molecule is COP12(Oc3ccccc3O1)SC(C(F)(F)F)=C(C(F)(F)F)S2. The molecule has 0 N–H and O–H groups in total. The monoisotopic (exact) mass is 396 g/mol. The van der Waals surface area contributed by atoms with E-state index in [0.717, 1.165) is 7.11 Å². The second-order valence-corrected chi connectivity index (χ2v) is 13.4. The number of allylic oxidation sites excluding steroid dienone is 2. The van der Waals surface area contributed by atoms with E-state index in [1.54, 1.807) is 0 Å². The van der Waals surface area contributed by atoms with Crippen molar-refractivity contribution in [2.45, 2.75) is 12.4 Å². The molecule has 0 aliphatic carbocycles. The van der Waals surface area contributed by atoms with E-state index in [4.69, 9.17) is 13.6 Å². The number of hydrogen-bond acceptors (Lipinski definition) is 5. The summed E-state index contributed by atoms with van der Waals surface area (Å²) < 4.78 is 94.3. The van der Waals surface area contributed by atoms with Gasteiger partial charge in [0.05, 0.1) is 0 Å². The summed E-state index contributed by atoms with van der Waals surface area (Å²) in [5, 5.41) is 0. The average molecular weight is 396 g/mol. The van der Waals surface area contributed by atoms with Crippen LogP contribution in [0.4, 0.5) is 26.3 Å². The molecular weight excluding hydrogens is 389 g/mol. The summed E-state index contributed by atoms with van der Waals surface area (Å²) in [6.07, 6.45) is -10.4. The van der Waals surface area contributed by atoms with Gasteiger partial charge in [-0.1, -0.05) is 0 Å². The van der Waals surface area contributed by atoms with Crippen molar-refractivity contribution >= 4 is 28.5 Å². The summed E-state index contributed by atoms with van der Waals surface area (Å²) in [7, 11) is 0.969. The third kappa shape index (κ3) is 2.67. The molecule has 0 saturated heterocycles. The molecule has 3 rings (SSSR count). The Morgan fingerprint density at radius 1 is 0.870 bits per heavy atom. The van der Waals surface area contributed by atoms with Crippen LogP contribution < -0.4 is 9.05 Å². The summed E-state index contributed by atoms with van der Waals surface area (Å²) in [4.78, 5) is -3.63. The summed E-state index contributed by atoms with van der Waals surface area (Å²) in [5.41, 5.74) is -4.82. The van der Waals surface area contributed by atoms with Crippen molar-refractivity contribution in [3.05, 3.63) is 34.1 Å². The number of fused-ring (bicyclic) bond motifs is 1. The van der Waals surface area contributed by atoms with Crippen LogP contribution in [0.2, 0.25) is 0 Å². The Bertz CT molecular complexity index is 647. The molecule has 1 aromatic rings. The van der Waals surface area contributed by atoms with Crippen molar-refractivity contribution in [3.63, 3.8) is 0 Å². The Hall–Kier alpha value is -0.770. The average Bonchev–Trinajstić information content (AvgIpc) is 2.95. The summed E-state index contributed by atoms with van der Waals surface area (Å²) in [5.74, 6) is 0.0777. The van der Waals surface area contributed by atoms with Crippen molar-refractivity contribution in [1.29, 1.82) is 0 Å². The number of rotatable bonds is 1. The first kappa shape index (κ1) is 17.1. The van der Waals surface area contributed by atoms with E-state index in [2.05, 4.69) is 0 Å². The fourth-order valence-corrected chi connectivity index (χ4v) is 11.8. The van der Waals surface area contributed by atoms with Gasteiger partial charge in [0.25, 0.3) is 0 Å². The molecule has 12 heteroatoms. The van der Waals surface area contributed by atoms with Gasteiger partial charge >= 0.3 is 133 Å². The van der Waals surface area contributed by atoms with Crippen LogP contribution in [0.3, 0.4) is 0 Å². The molecule has 2 heterocycles. The number of alkyl halides is 6. The molecule has 2 aliphatic rings. The molecule has 0 radical (unpaired) electrons. The normalized spacial score (nSPS) is 23.9. The maximum atomic E-state index is 13.1. The van der Waals surface area contributed by atoms with Gasteiger partial charge in [-0.05, 0) is 0 Å². The van der Waals surface area contributed by atoms with Crippen molar-refractivity contribution in [2.75, 3.05) is 7.11 Å². The summed E-state index contributed by atoms with van der Waals surface area (Å²) >= 11 is -0.344. The third-order valence-electron chi connectivity index (χ3n) is 2.84. The summed E-state index contributed by atoms with van der Waals surface area (Å²) in [6, 6.07) is 5.81. The topological polar surface area (TPSA) is 27.7 Å². The van der Waals surface area contributed by atoms with Gasteiger partial charge in [-0.15, -0.1) is 0 Å². The van der Waals surface area contributed by atoms with E-state index >= 15 is 0 Å². The molecule has 0 fully saturated rings. The van der Waals surface area contributed by atoms with Gasteiger partial charge in [0.1, 0.15) is 0 Å². The van der Waals surface area contributed by atoms with Crippen molar-refractivity contribution in [1.82, 2.24) is 0 Å². The second-order valence-electron chi connectivity index (χ2n) is 4.39. The molecule has 0 unspecified atom stereocenters. The molecular formula is C11H7F6O3PS2. The van der Waals surface area contributed by atoms with Gasteiger partial charge in [-0.2, -0.15) is 0 Å². The predicted octanol–water partition coefficient (Wildman–Crippen LogP) is 6.05. The molecule has 0 saturated carbocycles. The molecule has 0 amide bonds. The quantitative estimate of drug-likeness (QED) is 0.426. The zero-order valence-corrected chi connectivity index (χ0v) is 13.6. The Labute approximate surface area is 134 Å². The van der Waals surface area contributed by atoms with E-state index in [9.17, 15) is 26.3 Å². The number of para-hydroxylation sites is 2. The fraction of sp³-hybridized carbons (Fsp3) is 0.273. The van der Waals surface area contributed by atoms with E-state index in [0.29, 0.717) is 0 Å². The molecule has 0 bridgehead atoms. The van der Waals surface area contributed by atoms with Crippen molar-refractivity contribution in [3.8, 4) is 11.5 Å². The number of hydrogen-bond donors (Lipinski definition) is 0. The minimum absolute atomic E-state index is 0.0389.